The third-order valence-corrected chi connectivity index (χ3v) is 6.08. The highest BCUT2D eigenvalue weighted by Gasteiger charge is 2.31. The Morgan fingerprint density at radius 2 is 1.10 bits per heavy atom. The molecule has 0 aromatic heterocycles. The molecular formula is C18H36N2. The molecule has 0 amide bonds. The molecule has 2 saturated heterocycles. The van der Waals surface area contributed by atoms with Crippen molar-refractivity contribution in [3.8, 4) is 0 Å². The van der Waals surface area contributed by atoms with Crippen molar-refractivity contribution in [1.82, 2.24) is 9.80 Å². The van der Waals surface area contributed by atoms with Crippen molar-refractivity contribution in [3.05, 3.63) is 0 Å². The number of hydrogen-bond donors (Lipinski definition) is 0. The minimum Gasteiger partial charge on any atom is -0.301 e. The normalized spacial score (nSPS) is 26.6. The number of rotatable bonds is 4. The summed E-state index contributed by atoms with van der Waals surface area (Å²) in [4.78, 5) is 5.43. The van der Waals surface area contributed by atoms with Crippen LogP contribution in [0.4, 0.5) is 0 Å². The van der Waals surface area contributed by atoms with Crippen molar-refractivity contribution in [2.24, 2.45) is 17.8 Å². The van der Waals surface area contributed by atoms with Crippen molar-refractivity contribution >= 4 is 0 Å². The van der Waals surface area contributed by atoms with E-state index in [4.69, 9.17) is 0 Å². The second-order valence-electron chi connectivity index (χ2n) is 7.83. The highest BCUT2D eigenvalue weighted by Crippen LogP contribution is 2.30. The summed E-state index contributed by atoms with van der Waals surface area (Å²) in [5.41, 5.74) is 0. The Labute approximate surface area is 126 Å². The van der Waals surface area contributed by atoms with Crippen LogP contribution in [0, 0.1) is 17.8 Å². The lowest BCUT2D eigenvalue weighted by Gasteiger charge is -2.43. The van der Waals surface area contributed by atoms with E-state index in [1.165, 1.54) is 51.9 Å². The Balaban J connectivity index is 1.77. The summed E-state index contributed by atoms with van der Waals surface area (Å²) in [6, 6.07) is 1.53. The lowest BCUT2D eigenvalue weighted by atomic mass is 9.83. The van der Waals surface area contributed by atoms with Gasteiger partial charge >= 0.3 is 0 Å². The molecule has 2 aliphatic heterocycles. The van der Waals surface area contributed by atoms with Gasteiger partial charge in [-0.15, -0.1) is 0 Å². The van der Waals surface area contributed by atoms with E-state index < -0.39 is 0 Å². The van der Waals surface area contributed by atoms with Gasteiger partial charge in [-0.3, -0.25) is 0 Å². The maximum atomic E-state index is 2.79. The first-order valence-electron chi connectivity index (χ1n) is 8.97. The summed E-state index contributed by atoms with van der Waals surface area (Å²) >= 11 is 0. The Morgan fingerprint density at radius 1 is 0.650 bits per heavy atom. The van der Waals surface area contributed by atoms with Crippen LogP contribution < -0.4 is 0 Å². The number of hydrogen-bond acceptors (Lipinski definition) is 2. The van der Waals surface area contributed by atoms with E-state index in [0.717, 1.165) is 29.8 Å². The summed E-state index contributed by atoms with van der Waals surface area (Å²) in [5, 5.41) is 0. The van der Waals surface area contributed by atoms with Gasteiger partial charge < -0.3 is 9.80 Å². The van der Waals surface area contributed by atoms with E-state index >= 15 is 0 Å². The lowest BCUT2D eigenvalue weighted by Crippen LogP contribution is -2.48. The summed E-state index contributed by atoms with van der Waals surface area (Å²) in [6.45, 7) is 17.3. The summed E-state index contributed by atoms with van der Waals surface area (Å²) in [6.07, 6.45) is 5.66. The minimum atomic E-state index is 0.730. The fourth-order valence-electron chi connectivity index (χ4n) is 4.21. The van der Waals surface area contributed by atoms with Crippen LogP contribution in [0.5, 0.6) is 0 Å². The van der Waals surface area contributed by atoms with Crippen molar-refractivity contribution in [2.45, 2.75) is 72.4 Å². The second kappa shape index (κ2) is 7.26. The molecule has 0 bridgehead atoms. The molecule has 0 spiro atoms. The van der Waals surface area contributed by atoms with Crippen molar-refractivity contribution in [1.29, 1.82) is 0 Å². The van der Waals surface area contributed by atoms with E-state index in [9.17, 15) is 0 Å². The molecule has 0 aromatic rings. The highest BCUT2D eigenvalue weighted by atomic mass is 15.2. The Hall–Kier alpha value is -0.0800. The first kappa shape index (κ1) is 16.3. The van der Waals surface area contributed by atoms with Crippen molar-refractivity contribution in [3.63, 3.8) is 0 Å². The molecule has 0 saturated carbocycles. The van der Waals surface area contributed by atoms with Crippen LogP contribution in [-0.2, 0) is 0 Å². The first-order valence-corrected chi connectivity index (χ1v) is 8.97. The third kappa shape index (κ3) is 3.98. The van der Waals surface area contributed by atoms with Crippen LogP contribution in [0.1, 0.15) is 60.3 Å². The highest BCUT2D eigenvalue weighted by molar-refractivity contribution is 4.85. The molecule has 0 aromatic carbocycles. The summed E-state index contributed by atoms with van der Waals surface area (Å²) in [7, 11) is 0. The molecular weight excluding hydrogens is 244 g/mol. The topological polar surface area (TPSA) is 6.48 Å². The molecule has 118 valence electrons. The molecule has 2 rings (SSSR count). The molecule has 2 heteroatoms. The average molecular weight is 281 g/mol. The Kier molecular flexibility index (Phi) is 5.92. The Bertz CT molecular complexity index is 243. The fourth-order valence-corrected chi connectivity index (χ4v) is 4.21. The molecule has 0 unspecified atom stereocenters. The molecule has 2 nitrogen and oxygen atoms in total. The molecule has 2 aliphatic rings. The zero-order valence-corrected chi connectivity index (χ0v) is 14.4. The van der Waals surface area contributed by atoms with Crippen molar-refractivity contribution in [2.75, 3.05) is 26.2 Å². The van der Waals surface area contributed by atoms with Crippen molar-refractivity contribution < 1.29 is 0 Å². The van der Waals surface area contributed by atoms with Crippen LogP contribution in [0.2, 0.25) is 0 Å². The zero-order chi connectivity index (χ0) is 14.7. The van der Waals surface area contributed by atoms with Gasteiger partial charge in [0.05, 0.1) is 0 Å². The largest absolute Gasteiger partial charge is 0.301 e. The first-order chi connectivity index (χ1) is 9.49. The van der Waals surface area contributed by atoms with Crippen LogP contribution in [0.15, 0.2) is 0 Å². The average Bonchev–Trinajstić information content (AvgIpc) is 2.46. The van der Waals surface area contributed by atoms with Crippen LogP contribution >= 0.6 is 0 Å². The molecule has 1 atom stereocenters. The van der Waals surface area contributed by atoms with Gasteiger partial charge in [-0.05, 0) is 90.4 Å². The predicted octanol–water partition coefficient (Wildman–Crippen LogP) is 3.86. The maximum Gasteiger partial charge on any atom is 0.00961 e. The summed E-state index contributed by atoms with van der Waals surface area (Å²) in [5.74, 6) is 2.78. The summed E-state index contributed by atoms with van der Waals surface area (Å²) < 4.78 is 0. The number of likely N-dealkylation sites (tertiary alicyclic amines) is 2. The van der Waals surface area contributed by atoms with Gasteiger partial charge in [-0.1, -0.05) is 13.8 Å². The molecule has 0 radical (unpaired) electrons. The second-order valence-corrected chi connectivity index (χ2v) is 7.83. The molecule has 20 heavy (non-hydrogen) atoms. The van der Waals surface area contributed by atoms with Gasteiger partial charge in [0.15, 0.2) is 0 Å². The lowest BCUT2D eigenvalue weighted by molar-refractivity contribution is 0.0558. The Morgan fingerprint density at radius 3 is 1.55 bits per heavy atom. The molecule has 2 fully saturated rings. The third-order valence-electron chi connectivity index (χ3n) is 6.08. The molecule has 0 aliphatic carbocycles. The van der Waals surface area contributed by atoms with E-state index in [0.29, 0.717) is 0 Å². The van der Waals surface area contributed by atoms with Gasteiger partial charge in [-0.2, -0.15) is 0 Å². The SMILES string of the molecule is CC(C)C1CCN([C@H](C)C2CCN(C(C)C)CC2)CC1. The van der Waals surface area contributed by atoms with Crippen LogP contribution in [0.3, 0.4) is 0 Å². The van der Waals surface area contributed by atoms with Gasteiger partial charge in [0, 0.05) is 12.1 Å². The smallest absolute Gasteiger partial charge is 0.00961 e. The quantitative estimate of drug-likeness (QED) is 0.771. The standard InChI is InChI=1S/C18H36N2/c1-14(2)17-6-12-20(13-7-17)16(5)18-8-10-19(11-9-18)15(3)4/h14-18H,6-13H2,1-5H3/t16-/m1/s1. The van der Waals surface area contributed by atoms with Gasteiger partial charge in [0.2, 0.25) is 0 Å². The van der Waals surface area contributed by atoms with E-state index in [-0.39, 0.29) is 0 Å². The zero-order valence-electron chi connectivity index (χ0n) is 14.4. The minimum absolute atomic E-state index is 0.730. The monoisotopic (exact) mass is 280 g/mol. The predicted molar refractivity (Wildman–Crippen MR) is 88.0 cm³/mol. The number of piperidine rings is 2. The van der Waals surface area contributed by atoms with E-state index in [1.54, 1.807) is 0 Å². The van der Waals surface area contributed by atoms with Crippen LogP contribution in [-0.4, -0.2) is 48.1 Å². The van der Waals surface area contributed by atoms with Gasteiger partial charge in [0.1, 0.15) is 0 Å². The van der Waals surface area contributed by atoms with E-state index in [2.05, 4.69) is 44.4 Å². The fraction of sp³-hybridized carbons (Fsp3) is 1.00. The van der Waals surface area contributed by atoms with E-state index in [1.807, 2.05) is 0 Å². The number of nitrogens with zero attached hydrogens (tertiary/aromatic N) is 2. The molecule has 2 heterocycles. The maximum absolute atomic E-state index is 2.79. The van der Waals surface area contributed by atoms with Gasteiger partial charge in [-0.25, -0.2) is 0 Å². The molecule has 0 N–H and O–H groups in total. The van der Waals surface area contributed by atoms with Gasteiger partial charge in [0.25, 0.3) is 0 Å². The van der Waals surface area contributed by atoms with Crippen LogP contribution in [0.25, 0.3) is 0 Å².